The van der Waals surface area contributed by atoms with E-state index in [9.17, 15) is 14.7 Å². The van der Waals surface area contributed by atoms with Crippen LogP contribution in [-0.4, -0.2) is 16.8 Å². The van der Waals surface area contributed by atoms with E-state index < -0.39 is 11.8 Å². The van der Waals surface area contributed by atoms with E-state index in [0.717, 1.165) is 0 Å². The van der Waals surface area contributed by atoms with Crippen LogP contribution in [0.5, 0.6) is 0 Å². The smallest absolute Gasteiger partial charge is 0.232 e. The lowest BCUT2D eigenvalue weighted by Crippen LogP contribution is -2.31. The average Bonchev–Trinajstić information content (AvgIpc) is 2.23. The van der Waals surface area contributed by atoms with E-state index in [1.165, 1.54) is 6.08 Å². The van der Waals surface area contributed by atoms with Crippen LogP contribution in [0, 0.1) is 5.92 Å². The van der Waals surface area contributed by atoms with Gasteiger partial charge in [0.1, 0.15) is 11.7 Å². The van der Waals surface area contributed by atoms with Gasteiger partial charge in [0.25, 0.3) is 0 Å². The fourth-order valence-electron chi connectivity index (χ4n) is 1.62. The maximum Gasteiger partial charge on any atom is 0.232 e. The first-order valence-corrected chi connectivity index (χ1v) is 4.45. The minimum atomic E-state index is -1.06. The van der Waals surface area contributed by atoms with Gasteiger partial charge in [-0.2, -0.15) is 0 Å². The van der Waals surface area contributed by atoms with Crippen molar-refractivity contribution in [3.05, 3.63) is 41.5 Å². The molecule has 1 aromatic carbocycles. The van der Waals surface area contributed by atoms with Crippen molar-refractivity contribution in [2.75, 3.05) is 0 Å². The summed E-state index contributed by atoms with van der Waals surface area (Å²) in [5, 5.41) is 9.60. The van der Waals surface area contributed by atoms with Crippen molar-refractivity contribution in [1.29, 1.82) is 0 Å². The largest absolute Gasteiger partial charge is 0.508 e. The molecule has 15 heavy (non-hydrogen) atoms. The normalized spacial score (nSPS) is 19.3. The highest BCUT2D eigenvalue weighted by Crippen LogP contribution is 2.27. The minimum Gasteiger partial charge on any atom is -0.508 e. The minimum absolute atomic E-state index is 0.0750. The Morgan fingerprint density at radius 3 is 2.47 bits per heavy atom. The van der Waals surface area contributed by atoms with Gasteiger partial charge >= 0.3 is 0 Å². The molecule has 0 saturated carbocycles. The number of benzene rings is 1. The van der Waals surface area contributed by atoms with Crippen molar-refractivity contribution >= 4 is 17.4 Å². The van der Waals surface area contributed by atoms with Crippen LogP contribution in [0.2, 0.25) is 0 Å². The summed E-state index contributed by atoms with van der Waals surface area (Å²) in [6, 6.07) is 6.57. The SMILES string of the molecule is NC(=O)C1C=C(O)c2ccccc2C1=O. The molecule has 1 atom stereocenters. The van der Waals surface area contributed by atoms with E-state index in [2.05, 4.69) is 0 Å². The Balaban J connectivity index is 2.59. The molecule has 4 heteroatoms. The van der Waals surface area contributed by atoms with Crippen molar-refractivity contribution < 1.29 is 14.7 Å². The lowest BCUT2D eigenvalue weighted by Gasteiger charge is -2.17. The zero-order valence-corrected chi connectivity index (χ0v) is 7.81. The Labute approximate surface area is 86.0 Å². The molecule has 1 aliphatic rings. The number of nitrogens with two attached hydrogens (primary N) is 1. The molecule has 0 aromatic heterocycles. The van der Waals surface area contributed by atoms with Crippen LogP contribution in [0.4, 0.5) is 0 Å². The second-order valence-electron chi connectivity index (χ2n) is 3.34. The summed E-state index contributed by atoms with van der Waals surface area (Å²) in [7, 11) is 0. The van der Waals surface area contributed by atoms with E-state index >= 15 is 0 Å². The third-order valence-corrected chi connectivity index (χ3v) is 2.38. The number of hydrogen-bond acceptors (Lipinski definition) is 3. The van der Waals surface area contributed by atoms with Crippen molar-refractivity contribution in [2.45, 2.75) is 0 Å². The number of rotatable bonds is 1. The maximum absolute atomic E-state index is 11.7. The second-order valence-corrected chi connectivity index (χ2v) is 3.34. The fraction of sp³-hybridized carbons (Fsp3) is 0.0909. The zero-order valence-electron chi connectivity index (χ0n) is 7.81. The van der Waals surface area contributed by atoms with Crippen LogP contribution in [-0.2, 0) is 4.79 Å². The van der Waals surface area contributed by atoms with Crippen LogP contribution < -0.4 is 5.73 Å². The highest BCUT2D eigenvalue weighted by atomic mass is 16.3. The van der Waals surface area contributed by atoms with E-state index in [0.29, 0.717) is 11.1 Å². The van der Waals surface area contributed by atoms with Gasteiger partial charge in [0.15, 0.2) is 5.78 Å². The van der Waals surface area contributed by atoms with Crippen LogP contribution in [0.15, 0.2) is 30.3 Å². The molecule has 1 aliphatic carbocycles. The number of primary amides is 1. The Kier molecular flexibility index (Phi) is 2.04. The molecule has 2 rings (SSSR count). The number of hydrogen-bond donors (Lipinski definition) is 2. The van der Waals surface area contributed by atoms with E-state index in [1.54, 1.807) is 24.3 Å². The number of fused-ring (bicyclic) bond motifs is 1. The van der Waals surface area contributed by atoms with E-state index in [1.807, 2.05) is 0 Å². The molecule has 0 fully saturated rings. The van der Waals surface area contributed by atoms with Gasteiger partial charge in [-0.3, -0.25) is 9.59 Å². The molecular weight excluding hydrogens is 194 g/mol. The van der Waals surface area contributed by atoms with E-state index in [-0.39, 0.29) is 11.5 Å². The van der Waals surface area contributed by atoms with Crippen molar-refractivity contribution in [1.82, 2.24) is 0 Å². The molecule has 1 amide bonds. The Hall–Kier alpha value is -2.10. The summed E-state index contributed by atoms with van der Waals surface area (Å²) in [6.45, 7) is 0. The summed E-state index contributed by atoms with van der Waals surface area (Å²) in [6.07, 6.45) is 1.19. The molecule has 0 heterocycles. The van der Waals surface area contributed by atoms with E-state index in [4.69, 9.17) is 5.73 Å². The Morgan fingerprint density at radius 2 is 1.87 bits per heavy atom. The van der Waals surface area contributed by atoms with Crippen molar-refractivity contribution in [3.8, 4) is 0 Å². The number of Topliss-reactive ketones (excluding diaryl/α,β-unsaturated/α-hetero) is 1. The molecule has 3 N–H and O–H groups in total. The van der Waals surface area contributed by atoms with Gasteiger partial charge in [-0.25, -0.2) is 0 Å². The number of ketones is 1. The Morgan fingerprint density at radius 1 is 1.27 bits per heavy atom. The van der Waals surface area contributed by atoms with Gasteiger partial charge in [-0.1, -0.05) is 24.3 Å². The first kappa shape index (κ1) is 9.45. The lowest BCUT2D eigenvalue weighted by molar-refractivity contribution is -0.119. The Bertz CT molecular complexity index is 476. The van der Waals surface area contributed by atoms with Gasteiger partial charge in [-0.05, 0) is 6.08 Å². The van der Waals surface area contributed by atoms with Gasteiger partial charge in [0, 0.05) is 11.1 Å². The highest BCUT2D eigenvalue weighted by molar-refractivity contribution is 6.15. The predicted molar refractivity (Wildman–Crippen MR) is 54.1 cm³/mol. The molecule has 1 aromatic rings. The third kappa shape index (κ3) is 1.40. The molecule has 0 spiro atoms. The molecule has 0 aliphatic heterocycles. The number of carbonyl (C=O) groups is 2. The predicted octanol–water partition coefficient (Wildman–Crippen LogP) is 0.883. The molecular formula is C11H9NO3. The van der Waals surface area contributed by atoms with Crippen LogP contribution >= 0.6 is 0 Å². The topological polar surface area (TPSA) is 80.4 Å². The highest BCUT2D eigenvalue weighted by Gasteiger charge is 2.30. The summed E-state index contributed by atoms with van der Waals surface area (Å²) in [5.41, 5.74) is 5.84. The van der Waals surface area contributed by atoms with Crippen LogP contribution in [0.25, 0.3) is 5.76 Å². The summed E-state index contributed by atoms with van der Waals surface area (Å²) in [5.74, 6) is -2.24. The summed E-state index contributed by atoms with van der Waals surface area (Å²) < 4.78 is 0. The fourth-order valence-corrected chi connectivity index (χ4v) is 1.62. The third-order valence-electron chi connectivity index (χ3n) is 2.38. The first-order valence-electron chi connectivity index (χ1n) is 4.45. The molecule has 0 saturated heterocycles. The molecule has 4 nitrogen and oxygen atoms in total. The summed E-state index contributed by atoms with van der Waals surface area (Å²) >= 11 is 0. The number of aliphatic hydroxyl groups is 1. The zero-order chi connectivity index (χ0) is 11.0. The van der Waals surface area contributed by atoms with Gasteiger partial charge in [0.2, 0.25) is 5.91 Å². The summed E-state index contributed by atoms with van der Waals surface area (Å²) in [4.78, 5) is 22.7. The lowest BCUT2D eigenvalue weighted by atomic mass is 9.87. The molecule has 0 radical (unpaired) electrons. The van der Waals surface area contributed by atoms with Gasteiger partial charge in [0.05, 0.1) is 0 Å². The first-order chi connectivity index (χ1) is 7.11. The monoisotopic (exact) mass is 203 g/mol. The quantitative estimate of drug-likeness (QED) is 0.665. The van der Waals surface area contributed by atoms with Gasteiger partial charge in [-0.15, -0.1) is 0 Å². The van der Waals surface area contributed by atoms with Crippen LogP contribution in [0.1, 0.15) is 15.9 Å². The standard InChI is InChI=1S/C11H9NO3/c12-11(15)8-5-9(13)6-3-1-2-4-7(6)10(8)14/h1-5,8,13H,(H2,12,15). The second kappa shape index (κ2) is 3.24. The number of carbonyl (C=O) groups excluding carboxylic acids is 2. The van der Waals surface area contributed by atoms with Crippen molar-refractivity contribution in [3.63, 3.8) is 0 Å². The average molecular weight is 203 g/mol. The molecule has 1 unspecified atom stereocenters. The van der Waals surface area contributed by atoms with Crippen molar-refractivity contribution in [2.24, 2.45) is 11.7 Å². The van der Waals surface area contributed by atoms with Crippen LogP contribution in [0.3, 0.4) is 0 Å². The maximum atomic E-state index is 11.7. The number of aliphatic hydroxyl groups excluding tert-OH is 1. The number of amides is 1. The molecule has 76 valence electrons. The molecule has 0 bridgehead atoms. The van der Waals surface area contributed by atoms with Gasteiger partial charge < -0.3 is 10.8 Å².